The summed E-state index contributed by atoms with van der Waals surface area (Å²) in [6, 6.07) is 26.3. The van der Waals surface area contributed by atoms with Crippen LogP contribution in [0.25, 0.3) is 17.2 Å². The van der Waals surface area contributed by atoms with Gasteiger partial charge in [-0.2, -0.15) is 0 Å². The summed E-state index contributed by atoms with van der Waals surface area (Å²) in [5, 5.41) is 2.10. The van der Waals surface area contributed by atoms with Gasteiger partial charge in [0.1, 0.15) is 18.2 Å². The van der Waals surface area contributed by atoms with E-state index in [9.17, 15) is 4.79 Å². The van der Waals surface area contributed by atoms with E-state index in [-0.39, 0.29) is 5.78 Å². The molecule has 0 atom stereocenters. The number of carbonyl (C=O) groups excluding carboxylic acids is 1. The second kappa shape index (κ2) is 8.93. The number of ether oxygens (including phenoxy) is 2. The number of hydrogen-bond donors (Lipinski definition) is 0. The minimum Gasteiger partial charge on any atom is -0.478 e. The molecule has 4 aromatic rings. The molecule has 0 spiro atoms. The fourth-order valence-electron chi connectivity index (χ4n) is 4.42. The van der Waals surface area contributed by atoms with Crippen LogP contribution in [0.1, 0.15) is 26.4 Å². The van der Waals surface area contributed by atoms with Gasteiger partial charge in [0.15, 0.2) is 5.76 Å². The zero-order chi connectivity index (χ0) is 22.9. The Morgan fingerprint density at radius 2 is 1.74 bits per heavy atom. The quantitative estimate of drug-likeness (QED) is 0.319. The van der Waals surface area contributed by atoms with E-state index in [1.807, 2.05) is 48.5 Å². The molecule has 0 saturated heterocycles. The number of rotatable bonds is 5. The van der Waals surface area contributed by atoms with Gasteiger partial charge in [0.2, 0.25) is 5.78 Å². The van der Waals surface area contributed by atoms with Crippen LogP contribution in [0.15, 0.2) is 90.0 Å². The maximum absolute atomic E-state index is 13.1. The minimum atomic E-state index is -0.0827. The summed E-state index contributed by atoms with van der Waals surface area (Å²) in [5.74, 6) is 1.70. The minimum absolute atomic E-state index is 0.0827. The Kier molecular flexibility index (Phi) is 5.49. The molecule has 168 valence electrons. The maximum atomic E-state index is 13.1. The summed E-state index contributed by atoms with van der Waals surface area (Å²) >= 11 is 1.77. The summed E-state index contributed by atoms with van der Waals surface area (Å²) in [7, 11) is 0. The number of fused-ring (bicyclic) bond motifs is 3. The van der Waals surface area contributed by atoms with E-state index in [0.717, 1.165) is 41.0 Å². The first-order valence-corrected chi connectivity index (χ1v) is 12.3. The van der Waals surface area contributed by atoms with Crippen LogP contribution >= 0.6 is 11.3 Å². The van der Waals surface area contributed by atoms with E-state index < -0.39 is 0 Å². The predicted octanol–water partition coefficient (Wildman–Crippen LogP) is 6.43. The summed E-state index contributed by atoms with van der Waals surface area (Å²) in [5.41, 5.74) is 4.79. The Hall–Kier alpha value is -3.67. The molecule has 3 aromatic carbocycles. The molecule has 5 heteroatoms. The maximum Gasteiger partial charge on any atom is 0.231 e. The molecule has 2 aliphatic heterocycles. The Morgan fingerprint density at radius 3 is 2.53 bits per heavy atom. The van der Waals surface area contributed by atoms with Gasteiger partial charge in [0, 0.05) is 18.0 Å². The Balaban J connectivity index is 1.22. The van der Waals surface area contributed by atoms with Crippen LogP contribution in [0.5, 0.6) is 11.5 Å². The molecule has 0 amide bonds. The molecule has 0 bridgehead atoms. The fourth-order valence-corrected chi connectivity index (χ4v) is 5.12. The third-order valence-electron chi connectivity index (χ3n) is 6.25. The van der Waals surface area contributed by atoms with E-state index >= 15 is 0 Å². The van der Waals surface area contributed by atoms with Crippen molar-refractivity contribution in [3.63, 3.8) is 0 Å². The number of allylic oxidation sites excluding steroid dienone is 1. The van der Waals surface area contributed by atoms with E-state index in [1.54, 1.807) is 11.3 Å². The molecule has 0 unspecified atom stereocenters. The highest BCUT2D eigenvalue weighted by molar-refractivity contribution is 7.09. The largest absolute Gasteiger partial charge is 0.478 e. The van der Waals surface area contributed by atoms with Crippen LogP contribution < -0.4 is 9.47 Å². The molecule has 1 aromatic heterocycles. The van der Waals surface area contributed by atoms with Crippen molar-refractivity contribution < 1.29 is 14.3 Å². The van der Waals surface area contributed by atoms with Crippen LogP contribution in [0.4, 0.5) is 0 Å². The molecule has 34 heavy (non-hydrogen) atoms. The van der Waals surface area contributed by atoms with Crippen LogP contribution in [-0.4, -0.2) is 24.0 Å². The zero-order valence-electron chi connectivity index (χ0n) is 18.6. The lowest BCUT2D eigenvalue weighted by Crippen LogP contribution is -2.33. The van der Waals surface area contributed by atoms with Gasteiger partial charge < -0.3 is 9.47 Å². The standard InChI is InChI=1S/C29H23NO3S/c31-28-24-12-13-26-25(18-30(19-32-26)15-14-23-7-4-16-34-23)29(24)33-27(28)17-20-8-10-22(11-9-20)21-5-2-1-3-6-21/h1-13,16-17H,14-15,18-19H2/b27-17-. The molecule has 0 N–H and O–H groups in total. The Bertz CT molecular complexity index is 1360. The summed E-state index contributed by atoms with van der Waals surface area (Å²) in [6.45, 7) is 2.14. The van der Waals surface area contributed by atoms with Crippen molar-refractivity contribution in [3.05, 3.63) is 112 Å². The highest BCUT2D eigenvalue weighted by Crippen LogP contribution is 2.42. The van der Waals surface area contributed by atoms with Crippen molar-refractivity contribution in [1.29, 1.82) is 0 Å². The Morgan fingerprint density at radius 1 is 0.912 bits per heavy atom. The van der Waals surface area contributed by atoms with Gasteiger partial charge in [-0.25, -0.2) is 0 Å². The van der Waals surface area contributed by atoms with Gasteiger partial charge >= 0.3 is 0 Å². The first-order valence-electron chi connectivity index (χ1n) is 11.4. The first-order chi connectivity index (χ1) is 16.7. The molecule has 4 nitrogen and oxygen atoms in total. The first kappa shape index (κ1) is 20.9. The second-order valence-electron chi connectivity index (χ2n) is 8.50. The number of nitrogens with zero attached hydrogens (tertiary/aromatic N) is 1. The average Bonchev–Trinajstić information content (AvgIpc) is 3.52. The van der Waals surface area contributed by atoms with E-state index in [0.29, 0.717) is 30.3 Å². The fraction of sp³-hybridized carbons (Fsp3) is 0.138. The molecule has 6 rings (SSSR count). The molecule has 3 heterocycles. The Labute approximate surface area is 202 Å². The lowest BCUT2D eigenvalue weighted by atomic mass is 10.0. The molecule has 0 saturated carbocycles. The molecule has 0 fully saturated rings. The molecular weight excluding hydrogens is 442 g/mol. The van der Waals surface area contributed by atoms with E-state index in [4.69, 9.17) is 9.47 Å². The van der Waals surface area contributed by atoms with Gasteiger partial charge in [-0.3, -0.25) is 9.69 Å². The predicted molar refractivity (Wildman–Crippen MR) is 135 cm³/mol. The molecule has 2 aliphatic rings. The number of benzene rings is 3. The lowest BCUT2D eigenvalue weighted by molar-refractivity contribution is 0.0951. The van der Waals surface area contributed by atoms with Crippen molar-refractivity contribution in [1.82, 2.24) is 4.90 Å². The number of Topliss-reactive ketones (excluding diaryl/α,β-unsaturated/α-hetero) is 1. The van der Waals surface area contributed by atoms with Crippen LogP contribution in [0.3, 0.4) is 0 Å². The van der Waals surface area contributed by atoms with E-state index in [1.165, 1.54) is 4.88 Å². The topological polar surface area (TPSA) is 38.8 Å². The van der Waals surface area contributed by atoms with Gasteiger partial charge in [0.05, 0.1) is 11.1 Å². The zero-order valence-corrected chi connectivity index (χ0v) is 19.4. The van der Waals surface area contributed by atoms with Crippen LogP contribution in [0.2, 0.25) is 0 Å². The van der Waals surface area contributed by atoms with Gasteiger partial charge in [-0.1, -0.05) is 60.7 Å². The average molecular weight is 466 g/mol. The normalized spacial score (nSPS) is 16.1. The van der Waals surface area contributed by atoms with Crippen LogP contribution in [-0.2, 0) is 13.0 Å². The van der Waals surface area contributed by atoms with Crippen LogP contribution in [0, 0.1) is 0 Å². The van der Waals surface area contributed by atoms with Gasteiger partial charge in [-0.05, 0) is 52.8 Å². The third kappa shape index (κ3) is 4.04. The van der Waals surface area contributed by atoms with Crippen molar-refractivity contribution in [2.45, 2.75) is 13.0 Å². The number of carbonyl (C=O) groups is 1. The molecular formula is C29H23NO3S. The lowest BCUT2D eigenvalue weighted by Gasteiger charge is -2.29. The number of hydrogen-bond acceptors (Lipinski definition) is 5. The number of thiophene rings is 1. The summed E-state index contributed by atoms with van der Waals surface area (Å²) in [4.78, 5) is 16.7. The van der Waals surface area contributed by atoms with Gasteiger partial charge in [0.25, 0.3) is 0 Å². The van der Waals surface area contributed by atoms with Gasteiger partial charge in [-0.15, -0.1) is 11.3 Å². The highest BCUT2D eigenvalue weighted by Gasteiger charge is 2.33. The third-order valence-corrected chi connectivity index (χ3v) is 7.19. The summed E-state index contributed by atoms with van der Waals surface area (Å²) < 4.78 is 12.1. The molecule has 0 aliphatic carbocycles. The highest BCUT2D eigenvalue weighted by atomic mass is 32.1. The SMILES string of the molecule is O=C1/C(=C/c2ccc(-c3ccccc3)cc2)Oc2c1ccc1c2CN(CCc2cccs2)CO1. The van der Waals surface area contributed by atoms with Crippen molar-refractivity contribution in [2.75, 3.05) is 13.3 Å². The molecule has 0 radical (unpaired) electrons. The van der Waals surface area contributed by atoms with Crippen molar-refractivity contribution in [2.24, 2.45) is 0 Å². The second-order valence-corrected chi connectivity index (χ2v) is 9.53. The van der Waals surface area contributed by atoms with E-state index in [2.05, 4.69) is 46.7 Å². The summed E-state index contributed by atoms with van der Waals surface area (Å²) in [6.07, 6.45) is 2.80. The number of ketones is 1. The van der Waals surface area contributed by atoms with Crippen molar-refractivity contribution in [3.8, 4) is 22.6 Å². The monoisotopic (exact) mass is 465 g/mol. The van der Waals surface area contributed by atoms with Crippen molar-refractivity contribution >= 4 is 23.2 Å². The smallest absolute Gasteiger partial charge is 0.231 e.